The number of hydrogen-bond acceptors (Lipinski definition) is 3. The molecule has 1 aromatic carbocycles. The molecule has 1 aromatic rings. The maximum atomic E-state index is 9.97. The summed E-state index contributed by atoms with van der Waals surface area (Å²) in [6.07, 6.45) is 0.634. The standard InChI is InChI=1S/C13H17ClO3/c1-8(16-2)12(15)7-10-6-11(14)5-9-3-4-17-13(9)10/h5-6,8,12,15H,3-4,7H2,1-2H3. The van der Waals surface area contributed by atoms with Gasteiger partial charge in [-0.05, 0) is 30.2 Å². The minimum atomic E-state index is -0.549. The van der Waals surface area contributed by atoms with Crippen LogP contribution in [-0.2, 0) is 17.6 Å². The van der Waals surface area contributed by atoms with Crippen LogP contribution in [0.1, 0.15) is 18.1 Å². The molecule has 2 atom stereocenters. The summed E-state index contributed by atoms with van der Waals surface area (Å²) in [5, 5.41) is 10.7. The molecule has 0 amide bonds. The fraction of sp³-hybridized carbons (Fsp3) is 0.538. The van der Waals surface area contributed by atoms with Crippen molar-refractivity contribution in [1.82, 2.24) is 0 Å². The van der Waals surface area contributed by atoms with Crippen LogP contribution in [-0.4, -0.2) is 31.0 Å². The van der Waals surface area contributed by atoms with E-state index in [1.165, 1.54) is 0 Å². The van der Waals surface area contributed by atoms with Crippen LogP contribution < -0.4 is 4.74 Å². The van der Waals surface area contributed by atoms with Gasteiger partial charge in [0.05, 0.1) is 18.8 Å². The lowest BCUT2D eigenvalue weighted by Gasteiger charge is -2.18. The molecule has 1 heterocycles. The zero-order valence-electron chi connectivity index (χ0n) is 10.1. The second-order valence-corrected chi connectivity index (χ2v) is 4.80. The maximum absolute atomic E-state index is 9.97. The fourth-order valence-electron chi connectivity index (χ4n) is 2.05. The van der Waals surface area contributed by atoms with Gasteiger partial charge in [-0.3, -0.25) is 0 Å². The summed E-state index contributed by atoms with van der Waals surface area (Å²) in [5.41, 5.74) is 2.09. The Labute approximate surface area is 106 Å². The Morgan fingerprint density at radius 2 is 2.29 bits per heavy atom. The van der Waals surface area contributed by atoms with Crippen LogP contribution in [0.5, 0.6) is 5.75 Å². The van der Waals surface area contributed by atoms with E-state index in [2.05, 4.69) is 0 Å². The first-order valence-electron chi connectivity index (χ1n) is 5.76. The van der Waals surface area contributed by atoms with E-state index < -0.39 is 6.10 Å². The van der Waals surface area contributed by atoms with Gasteiger partial charge in [-0.1, -0.05) is 11.6 Å². The van der Waals surface area contributed by atoms with Crippen molar-refractivity contribution in [2.45, 2.75) is 32.0 Å². The second-order valence-electron chi connectivity index (χ2n) is 4.36. The predicted octanol–water partition coefficient (Wildman–Crippen LogP) is 2.21. The van der Waals surface area contributed by atoms with E-state index in [9.17, 15) is 5.11 Å². The van der Waals surface area contributed by atoms with Gasteiger partial charge >= 0.3 is 0 Å². The summed E-state index contributed by atoms with van der Waals surface area (Å²) in [7, 11) is 1.59. The van der Waals surface area contributed by atoms with Crippen LogP contribution >= 0.6 is 11.6 Å². The predicted molar refractivity (Wildman–Crippen MR) is 66.8 cm³/mol. The third kappa shape index (κ3) is 2.73. The highest BCUT2D eigenvalue weighted by molar-refractivity contribution is 6.30. The summed E-state index contributed by atoms with van der Waals surface area (Å²) in [6, 6.07) is 3.79. The highest BCUT2D eigenvalue weighted by Gasteiger charge is 2.21. The molecule has 0 saturated carbocycles. The van der Waals surface area contributed by atoms with Gasteiger partial charge < -0.3 is 14.6 Å². The zero-order valence-corrected chi connectivity index (χ0v) is 10.8. The van der Waals surface area contributed by atoms with E-state index >= 15 is 0 Å². The molecule has 1 aliphatic heterocycles. The monoisotopic (exact) mass is 256 g/mol. The molecule has 1 N–H and O–H groups in total. The minimum Gasteiger partial charge on any atom is -0.493 e. The second kappa shape index (κ2) is 5.25. The Kier molecular flexibility index (Phi) is 3.92. The molecule has 0 aromatic heterocycles. The highest BCUT2D eigenvalue weighted by atomic mass is 35.5. The van der Waals surface area contributed by atoms with Crippen molar-refractivity contribution in [3.8, 4) is 5.75 Å². The molecule has 0 bridgehead atoms. The summed E-state index contributed by atoms with van der Waals surface area (Å²) in [5.74, 6) is 0.886. The number of ether oxygens (including phenoxy) is 2. The average molecular weight is 257 g/mol. The number of rotatable bonds is 4. The van der Waals surface area contributed by atoms with Crippen molar-refractivity contribution in [2.24, 2.45) is 0 Å². The fourth-order valence-corrected chi connectivity index (χ4v) is 2.31. The van der Waals surface area contributed by atoms with Gasteiger partial charge in [0.25, 0.3) is 0 Å². The van der Waals surface area contributed by atoms with Crippen molar-refractivity contribution in [1.29, 1.82) is 0 Å². The van der Waals surface area contributed by atoms with E-state index in [0.717, 1.165) is 23.3 Å². The van der Waals surface area contributed by atoms with Crippen molar-refractivity contribution >= 4 is 11.6 Å². The first-order valence-corrected chi connectivity index (χ1v) is 6.14. The van der Waals surface area contributed by atoms with Gasteiger partial charge in [0, 0.05) is 25.0 Å². The molecule has 0 aliphatic carbocycles. The molecule has 2 rings (SSSR count). The first kappa shape index (κ1) is 12.7. The van der Waals surface area contributed by atoms with E-state index in [-0.39, 0.29) is 6.10 Å². The molecule has 4 heteroatoms. The Hall–Kier alpha value is -0.770. The number of fused-ring (bicyclic) bond motifs is 1. The number of benzene rings is 1. The molecule has 3 nitrogen and oxygen atoms in total. The third-order valence-corrected chi connectivity index (χ3v) is 3.39. The van der Waals surface area contributed by atoms with Crippen LogP contribution in [0.2, 0.25) is 5.02 Å². The number of aliphatic hydroxyl groups excluding tert-OH is 1. The van der Waals surface area contributed by atoms with Crippen LogP contribution in [0.3, 0.4) is 0 Å². The number of hydrogen-bond donors (Lipinski definition) is 1. The van der Waals surface area contributed by atoms with Crippen LogP contribution in [0.15, 0.2) is 12.1 Å². The number of halogens is 1. The summed E-state index contributed by atoms with van der Waals surface area (Å²) in [4.78, 5) is 0. The molecule has 17 heavy (non-hydrogen) atoms. The van der Waals surface area contributed by atoms with Gasteiger partial charge in [0.1, 0.15) is 5.75 Å². The van der Waals surface area contributed by atoms with Gasteiger partial charge in [-0.2, -0.15) is 0 Å². The SMILES string of the molecule is COC(C)C(O)Cc1cc(Cl)cc2c1OCC2. The normalized spacial score (nSPS) is 17.4. The van der Waals surface area contributed by atoms with Crippen LogP contribution in [0.25, 0.3) is 0 Å². The molecule has 0 saturated heterocycles. The van der Waals surface area contributed by atoms with Crippen molar-refractivity contribution in [2.75, 3.05) is 13.7 Å². The maximum Gasteiger partial charge on any atom is 0.126 e. The summed E-state index contributed by atoms with van der Waals surface area (Å²) >= 11 is 6.06. The van der Waals surface area contributed by atoms with Crippen molar-refractivity contribution in [3.05, 3.63) is 28.3 Å². The molecule has 0 radical (unpaired) electrons. The molecule has 2 unspecified atom stereocenters. The minimum absolute atomic E-state index is 0.203. The van der Waals surface area contributed by atoms with Gasteiger partial charge in [0.15, 0.2) is 0 Å². The number of methoxy groups -OCH3 is 1. The van der Waals surface area contributed by atoms with Gasteiger partial charge in [0.2, 0.25) is 0 Å². The lowest BCUT2D eigenvalue weighted by molar-refractivity contribution is 0.000176. The lowest BCUT2D eigenvalue weighted by atomic mass is 10.0. The third-order valence-electron chi connectivity index (χ3n) is 3.17. The van der Waals surface area contributed by atoms with Crippen LogP contribution in [0, 0.1) is 0 Å². The lowest BCUT2D eigenvalue weighted by Crippen LogP contribution is -2.27. The molecule has 0 spiro atoms. The molecular formula is C13H17ClO3. The van der Waals surface area contributed by atoms with E-state index in [4.69, 9.17) is 21.1 Å². The average Bonchev–Trinajstić information content (AvgIpc) is 2.75. The Bertz CT molecular complexity index is 406. The van der Waals surface area contributed by atoms with E-state index in [1.54, 1.807) is 7.11 Å². The van der Waals surface area contributed by atoms with Crippen molar-refractivity contribution in [3.63, 3.8) is 0 Å². The van der Waals surface area contributed by atoms with E-state index in [1.807, 2.05) is 19.1 Å². The highest BCUT2D eigenvalue weighted by Crippen LogP contribution is 2.33. The molecule has 0 fully saturated rings. The van der Waals surface area contributed by atoms with E-state index in [0.29, 0.717) is 18.1 Å². The Morgan fingerprint density at radius 3 is 3.00 bits per heavy atom. The summed E-state index contributed by atoms with van der Waals surface area (Å²) < 4.78 is 10.7. The zero-order chi connectivity index (χ0) is 12.4. The largest absolute Gasteiger partial charge is 0.493 e. The molecular weight excluding hydrogens is 240 g/mol. The first-order chi connectivity index (χ1) is 8.11. The molecule has 94 valence electrons. The molecule has 1 aliphatic rings. The smallest absolute Gasteiger partial charge is 0.126 e. The van der Waals surface area contributed by atoms with Gasteiger partial charge in [-0.25, -0.2) is 0 Å². The number of aliphatic hydroxyl groups is 1. The van der Waals surface area contributed by atoms with Gasteiger partial charge in [-0.15, -0.1) is 0 Å². The van der Waals surface area contributed by atoms with Crippen LogP contribution in [0.4, 0.5) is 0 Å². The quantitative estimate of drug-likeness (QED) is 0.898. The topological polar surface area (TPSA) is 38.7 Å². The Morgan fingerprint density at radius 1 is 1.53 bits per heavy atom. The summed E-state index contributed by atoms with van der Waals surface area (Å²) in [6.45, 7) is 2.54. The van der Waals surface area contributed by atoms with Crippen molar-refractivity contribution < 1.29 is 14.6 Å². The Balaban J connectivity index is 2.21.